The zero-order valence-corrected chi connectivity index (χ0v) is 11.8. The lowest BCUT2D eigenvalue weighted by Gasteiger charge is -2.15. The maximum atomic E-state index is 13.1. The molecule has 0 heterocycles. The summed E-state index contributed by atoms with van der Waals surface area (Å²) in [5.41, 5.74) is 0.321. The summed E-state index contributed by atoms with van der Waals surface area (Å²) in [5, 5.41) is 14.6. The molecule has 0 aliphatic carbocycles. The lowest BCUT2D eigenvalue weighted by Crippen LogP contribution is -2.42. The number of carbonyl (C=O) groups is 1. The SMILES string of the molecule is CC(C)CNC(=O)C(C)NCc1cc(F)c(O)c(F)c1. The van der Waals surface area contributed by atoms with E-state index < -0.39 is 23.4 Å². The fraction of sp³-hybridized carbons (Fsp3) is 0.500. The van der Waals surface area contributed by atoms with Crippen LogP contribution in [0.3, 0.4) is 0 Å². The molecule has 0 aromatic heterocycles. The van der Waals surface area contributed by atoms with Crippen molar-refractivity contribution in [3.05, 3.63) is 29.3 Å². The van der Waals surface area contributed by atoms with E-state index in [1.807, 2.05) is 13.8 Å². The smallest absolute Gasteiger partial charge is 0.236 e. The van der Waals surface area contributed by atoms with Gasteiger partial charge in [-0.25, -0.2) is 8.78 Å². The summed E-state index contributed by atoms with van der Waals surface area (Å²) in [5.74, 6) is -2.83. The largest absolute Gasteiger partial charge is 0.503 e. The second kappa shape index (κ2) is 7.19. The Labute approximate surface area is 117 Å². The van der Waals surface area contributed by atoms with Gasteiger partial charge in [-0.05, 0) is 30.5 Å². The number of halogens is 2. The predicted molar refractivity (Wildman–Crippen MR) is 72.2 cm³/mol. The Morgan fingerprint density at radius 1 is 1.25 bits per heavy atom. The zero-order chi connectivity index (χ0) is 15.3. The van der Waals surface area contributed by atoms with Gasteiger partial charge in [0.2, 0.25) is 5.91 Å². The summed E-state index contributed by atoms with van der Waals surface area (Å²) in [6.45, 7) is 6.35. The van der Waals surface area contributed by atoms with E-state index in [1.54, 1.807) is 6.92 Å². The topological polar surface area (TPSA) is 61.4 Å². The van der Waals surface area contributed by atoms with Gasteiger partial charge in [0.1, 0.15) is 0 Å². The maximum Gasteiger partial charge on any atom is 0.236 e. The zero-order valence-electron chi connectivity index (χ0n) is 11.8. The second-order valence-corrected chi connectivity index (χ2v) is 5.15. The van der Waals surface area contributed by atoms with Crippen LogP contribution in [-0.2, 0) is 11.3 Å². The van der Waals surface area contributed by atoms with Crippen molar-refractivity contribution >= 4 is 5.91 Å². The van der Waals surface area contributed by atoms with Crippen LogP contribution in [-0.4, -0.2) is 23.6 Å². The summed E-state index contributed by atoms with van der Waals surface area (Å²) in [7, 11) is 0. The Morgan fingerprint density at radius 2 is 1.80 bits per heavy atom. The van der Waals surface area contributed by atoms with Crippen molar-refractivity contribution < 1.29 is 18.7 Å². The van der Waals surface area contributed by atoms with Crippen molar-refractivity contribution in [3.63, 3.8) is 0 Å². The number of benzene rings is 1. The number of hydrogen-bond donors (Lipinski definition) is 3. The highest BCUT2D eigenvalue weighted by molar-refractivity contribution is 5.81. The van der Waals surface area contributed by atoms with Crippen LogP contribution in [0.1, 0.15) is 26.3 Å². The first-order valence-corrected chi connectivity index (χ1v) is 6.49. The van der Waals surface area contributed by atoms with Crippen LogP contribution in [0.15, 0.2) is 12.1 Å². The molecule has 4 nitrogen and oxygen atoms in total. The predicted octanol–water partition coefficient (Wildman–Crippen LogP) is 1.92. The van der Waals surface area contributed by atoms with Crippen molar-refractivity contribution in [2.45, 2.75) is 33.4 Å². The Bertz CT molecular complexity index is 455. The van der Waals surface area contributed by atoms with Gasteiger partial charge in [-0.3, -0.25) is 4.79 Å². The monoisotopic (exact) mass is 286 g/mol. The fourth-order valence-corrected chi connectivity index (χ4v) is 1.54. The van der Waals surface area contributed by atoms with E-state index in [-0.39, 0.29) is 12.5 Å². The van der Waals surface area contributed by atoms with Crippen molar-refractivity contribution in [1.82, 2.24) is 10.6 Å². The fourth-order valence-electron chi connectivity index (χ4n) is 1.54. The third kappa shape index (κ3) is 4.77. The molecule has 1 atom stereocenters. The van der Waals surface area contributed by atoms with Crippen LogP contribution in [0.4, 0.5) is 8.78 Å². The molecule has 1 aromatic rings. The van der Waals surface area contributed by atoms with Crippen LogP contribution < -0.4 is 10.6 Å². The van der Waals surface area contributed by atoms with E-state index in [9.17, 15) is 13.6 Å². The number of amides is 1. The molecule has 0 aliphatic rings. The van der Waals surface area contributed by atoms with Crippen molar-refractivity contribution in [1.29, 1.82) is 0 Å². The van der Waals surface area contributed by atoms with Gasteiger partial charge in [-0.1, -0.05) is 13.8 Å². The molecule has 0 radical (unpaired) electrons. The highest BCUT2D eigenvalue weighted by Gasteiger charge is 2.14. The highest BCUT2D eigenvalue weighted by atomic mass is 19.1. The average Bonchev–Trinajstić information content (AvgIpc) is 2.39. The standard InChI is InChI=1S/C14H20F2N2O2/c1-8(2)6-18-14(20)9(3)17-7-10-4-11(15)13(19)12(16)5-10/h4-5,8-9,17,19H,6-7H2,1-3H3,(H,18,20). The third-order valence-electron chi connectivity index (χ3n) is 2.77. The van der Waals surface area contributed by atoms with Gasteiger partial charge in [0, 0.05) is 13.1 Å². The highest BCUT2D eigenvalue weighted by Crippen LogP contribution is 2.21. The molecule has 0 aliphatic heterocycles. The first-order valence-electron chi connectivity index (χ1n) is 6.49. The molecule has 1 unspecified atom stereocenters. The van der Waals surface area contributed by atoms with E-state index in [1.165, 1.54) is 0 Å². The third-order valence-corrected chi connectivity index (χ3v) is 2.77. The second-order valence-electron chi connectivity index (χ2n) is 5.15. The lowest BCUT2D eigenvalue weighted by atomic mass is 10.1. The number of rotatable bonds is 6. The Balaban J connectivity index is 2.52. The quantitative estimate of drug-likeness (QED) is 0.749. The average molecular weight is 286 g/mol. The molecule has 1 rings (SSSR count). The molecule has 1 amide bonds. The molecular weight excluding hydrogens is 266 g/mol. The van der Waals surface area contributed by atoms with Crippen LogP contribution in [0, 0.1) is 17.6 Å². The minimum atomic E-state index is -1.02. The van der Waals surface area contributed by atoms with Crippen molar-refractivity contribution in [2.24, 2.45) is 5.92 Å². The molecule has 112 valence electrons. The molecular formula is C14H20F2N2O2. The van der Waals surface area contributed by atoms with Gasteiger partial charge >= 0.3 is 0 Å². The van der Waals surface area contributed by atoms with E-state index in [4.69, 9.17) is 5.11 Å². The van der Waals surface area contributed by atoms with Crippen LogP contribution >= 0.6 is 0 Å². The first kappa shape index (κ1) is 16.4. The van der Waals surface area contributed by atoms with Gasteiger partial charge in [-0.15, -0.1) is 0 Å². The molecule has 0 spiro atoms. The maximum absolute atomic E-state index is 13.1. The molecule has 6 heteroatoms. The molecule has 20 heavy (non-hydrogen) atoms. The summed E-state index contributed by atoms with van der Waals surface area (Å²) in [4.78, 5) is 11.7. The number of hydrogen-bond acceptors (Lipinski definition) is 3. The minimum absolute atomic E-state index is 0.129. The molecule has 0 bridgehead atoms. The van der Waals surface area contributed by atoms with Crippen LogP contribution in [0.2, 0.25) is 0 Å². The molecule has 1 aromatic carbocycles. The molecule has 3 N–H and O–H groups in total. The number of nitrogens with one attached hydrogen (secondary N) is 2. The summed E-state index contributed by atoms with van der Waals surface area (Å²) >= 11 is 0. The summed E-state index contributed by atoms with van der Waals surface area (Å²) < 4.78 is 26.3. The Kier molecular flexibility index (Phi) is 5.88. The van der Waals surface area contributed by atoms with Gasteiger partial charge in [-0.2, -0.15) is 0 Å². The van der Waals surface area contributed by atoms with Gasteiger partial charge < -0.3 is 15.7 Å². The Morgan fingerprint density at radius 3 is 2.30 bits per heavy atom. The van der Waals surface area contributed by atoms with E-state index >= 15 is 0 Å². The lowest BCUT2D eigenvalue weighted by molar-refractivity contribution is -0.122. The molecule has 0 fully saturated rings. The number of aromatic hydroxyl groups is 1. The van der Waals surface area contributed by atoms with Gasteiger partial charge in [0.25, 0.3) is 0 Å². The van der Waals surface area contributed by atoms with Gasteiger partial charge in [0.15, 0.2) is 17.4 Å². The van der Waals surface area contributed by atoms with Crippen LogP contribution in [0.25, 0.3) is 0 Å². The summed E-state index contributed by atoms with van der Waals surface area (Å²) in [6.07, 6.45) is 0. The molecule has 0 saturated carbocycles. The van der Waals surface area contributed by atoms with Gasteiger partial charge in [0.05, 0.1) is 6.04 Å². The number of phenols is 1. The van der Waals surface area contributed by atoms with Crippen molar-refractivity contribution in [3.8, 4) is 5.75 Å². The number of phenolic OH excluding ortho intramolecular Hbond substituents is 1. The van der Waals surface area contributed by atoms with E-state index in [0.717, 1.165) is 12.1 Å². The molecule has 0 saturated heterocycles. The Hall–Kier alpha value is -1.69. The first-order chi connectivity index (χ1) is 9.31. The normalized spacial score (nSPS) is 12.5. The van der Waals surface area contributed by atoms with E-state index in [0.29, 0.717) is 18.0 Å². The van der Waals surface area contributed by atoms with Crippen molar-refractivity contribution in [2.75, 3.05) is 6.54 Å². The summed E-state index contributed by atoms with van der Waals surface area (Å²) in [6, 6.07) is 1.59. The minimum Gasteiger partial charge on any atom is -0.503 e. The van der Waals surface area contributed by atoms with E-state index in [2.05, 4.69) is 10.6 Å². The van der Waals surface area contributed by atoms with Crippen LogP contribution in [0.5, 0.6) is 5.75 Å². The number of carbonyl (C=O) groups excluding carboxylic acids is 1.